The van der Waals surface area contributed by atoms with Gasteiger partial charge in [0, 0.05) is 29.3 Å². The predicted octanol–water partition coefficient (Wildman–Crippen LogP) is 0.915. The Balaban J connectivity index is 1.79. The Bertz CT molecular complexity index is 693. The van der Waals surface area contributed by atoms with Crippen molar-refractivity contribution in [2.24, 2.45) is 5.92 Å². The summed E-state index contributed by atoms with van der Waals surface area (Å²) in [5.41, 5.74) is 5.27. The lowest BCUT2D eigenvalue weighted by Gasteiger charge is -2.07. The van der Waals surface area contributed by atoms with E-state index in [4.69, 9.17) is 0 Å². The lowest BCUT2D eigenvalue weighted by molar-refractivity contribution is -0.137. The highest BCUT2D eigenvalue weighted by Crippen LogP contribution is 2.30. The molecule has 0 aromatic heterocycles. The van der Waals surface area contributed by atoms with Crippen molar-refractivity contribution in [3.05, 3.63) is 42.0 Å². The van der Waals surface area contributed by atoms with Gasteiger partial charge in [-0.25, -0.2) is 4.79 Å². The lowest BCUT2D eigenvalue weighted by Crippen LogP contribution is -2.40. The van der Waals surface area contributed by atoms with Gasteiger partial charge in [-0.05, 0) is 44.0 Å². The monoisotopic (exact) mass is 345 g/mol. The van der Waals surface area contributed by atoms with E-state index in [9.17, 15) is 19.2 Å². The van der Waals surface area contributed by atoms with E-state index in [0.717, 1.165) is 25.0 Å². The fourth-order valence-electron chi connectivity index (χ4n) is 1.86. The molecule has 3 N–H and O–H groups in total. The first-order valence-electron chi connectivity index (χ1n) is 7.85. The summed E-state index contributed by atoms with van der Waals surface area (Å²) in [6.07, 6.45) is 3.74. The summed E-state index contributed by atoms with van der Waals surface area (Å²) in [5.74, 6) is -1.76. The maximum absolute atomic E-state index is 11.9. The maximum atomic E-state index is 11.9. The number of nitrogens with one attached hydrogen (secondary N) is 3. The minimum absolute atomic E-state index is 0.0159. The number of esters is 1. The van der Waals surface area contributed by atoms with Gasteiger partial charge in [-0.3, -0.25) is 25.2 Å². The van der Waals surface area contributed by atoms with E-state index in [1.807, 2.05) is 0 Å². The number of hydrogen-bond donors (Lipinski definition) is 3. The average molecular weight is 345 g/mol. The second kappa shape index (κ2) is 8.62. The van der Waals surface area contributed by atoms with Crippen LogP contribution < -0.4 is 16.2 Å². The summed E-state index contributed by atoms with van der Waals surface area (Å²) >= 11 is 0. The van der Waals surface area contributed by atoms with E-state index in [-0.39, 0.29) is 18.4 Å². The summed E-state index contributed by atoms with van der Waals surface area (Å²) in [4.78, 5) is 46.1. The zero-order valence-electron chi connectivity index (χ0n) is 13.7. The molecule has 3 amide bonds. The third-order valence-electron chi connectivity index (χ3n) is 3.32. The molecule has 0 heterocycles. The molecular formula is C17H19N3O5. The minimum atomic E-state index is -0.672. The molecule has 8 nitrogen and oxygen atoms in total. The summed E-state index contributed by atoms with van der Waals surface area (Å²) < 4.78 is 4.62. The molecule has 1 fully saturated rings. The van der Waals surface area contributed by atoms with Crippen LogP contribution in [0.4, 0.5) is 5.69 Å². The molecule has 0 atom stereocenters. The Morgan fingerprint density at radius 2 is 1.76 bits per heavy atom. The standard InChI is InChI=1S/C17H19N3O5/c1-2-25-15(22)10-9-14(21)19-20-17(24)12-5-7-13(8-6-12)18-16(23)11-3-4-11/h5-11H,2-4H2,1H3,(H,18,23)(H,19,21)(H,20,24). The van der Waals surface area contributed by atoms with E-state index in [1.54, 1.807) is 19.1 Å². The molecule has 1 aliphatic carbocycles. The second-order valence-corrected chi connectivity index (χ2v) is 5.37. The first kappa shape index (κ1) is 18.2. The molecule has 0 saturated heterocycles. The van der Waals surface area contributed by atoms with Crippen LogP contribution in [0.5, 0.6) is 0 Å². The van der Waals surface area contributed by atoms with Gasteiger partial charge in [0.05, 0.1) is 6.61 Å². The summed E-state index contributed by atoms with van der Waals surface area (Å²) in [6, 6.07) is 6.27. The van der Waals surface area contributed by atoms with Crippen LogP contribution in [0.2, 0.25) is 0 Å². The van der Waals surface area contributed by atoms with E-state index >= 15 is 0 Å². The van der Waals surface area contributed by atoms with Gasteiger partial charge in [0.2, 0.25) is 5.91 Å². The molecule has 2 rings (SSSR count). The van der Waals surface area contributed by atoms with Crippen molar-refractivity contribution in [2.45, 2.75) is 19.8 Å². The second-order valence-electron chi connectivity index (χ2n) is 5.37. The number of rotatable bonds is 6. The highest BCUT2D eigenvalue weighted by molar-refractivity contribution is 5.99. The molecule has 132 valence electrons. The molecule has 1 aromatic rings. The smallest absolute Gasteiger partial charge is 0.330 e. The molecule has 0 bridgehead atoms. The Labute approximate surface area is 144 Å². The van der Waals surface area contributed by atoms with Gasteiger partial charge in [0.15, 0.2) is 0 Å². The van der Waals surface area contributed by atoms with Crippen LogP contribution in [0, 0.1) is 5.92 Å². The molecule has 25 heavy (non-hydrogen) atoms. The SMILES string of the molecule is CCOC(=O)C=CC(=O)NNC(=O)c1ccc(NC(=O)C2CC2)cc1. The van der Waals surface area contributed by atoms with Crippen molar-refractivity contribution in [1.82, 2.24) is 10.9 Å². The van der Waals surface area contributed by atoms with Crippen molar-refractivity contribution in [2.75, 3.05) is 11.9 Å². The number of carbonyl (C=O) groups is 4. The number of carbonyl (C=O) groups excluding carboxylic acids is 4. The first-order chi connectivity index (χ1) is 12.0. The molecule has 1 saturated carbocycles. The van der Waals surface area contributed by atoms with Crippen LogP contribution in [0.1, 0.15) is 30.1 Å². The van der Waals surface area contributed by atoms with Crippen molar-refractivity contribution < 1.29 is 23.9 Å². The van der Waals surface area contributed by atoms with Crippen LogP contribution in [0.3, 0.4) is 0 Å². The van der Waals surface area contributed by atoms with Gasteiger partial charge in [0.25, 0.3) is 11.8 Å². The minimum Gasteiger partial charge on any atom is -0.463 e. The van der Waals surface area contributed by atoms with Crippen molar-refractivity contribution >= 4 is 29.4 Å². The zero-order valence-corrected chi connectivity index (χ0v) is 13.7. The number of ether oxygens (including phenoxy) is 1. The topological polar surface area (TPSA) is 114 Å². The van der Waals surface area contributed by atoms with E-state index < -0.39 is 17.8 Å². The van der Waals surface area contributed by atoms with Gasteiger partial charge in [-0.15, -0.1) is 0 Å². The van der Waals surface area contributed by atoms with Crippen LogP contribution in [0.25, 0.3) is 0 Å². The Kier molecular flexibility index (Phi) is 6.27. The first-order valence-corrected chi connectivity index (χ1v) is 7.85. The van der Waals surface area contributed by atoms with Crippen molar-refractivity contribution in [1.29, 1.82) is 0 Å². The maximum Gasteiger partial charge on any atom is 0.330 e. The van der Waals surface area contributed by atoms with Gasteiger partial charge >= 0.3 is 5.97 Å². The molecule has 0 radical (unpaired) electrons. The quantitative estimate of drug-likeness (QED) is 0.403. The molecule has 0 aliphatic heterocycles. The average Bonchev–Trinajstić information content (AvgIpc) is 3.44. The largest absolute Gasteiger partial charge is 0.463 e. The van der Waals surface area contributed by atoms with Gasteiger partial charge in [0.1, 0.15) is 0 Å². The molecule has 0 spiro atoms. The van der Waals surface area contributed by atoms with E-state index in [2.05, 4.69) is 20.9 Å². The van der Waals surface area contributed by atoms with Crippen LogP contribution in [-0.2, 0) is 19.1 Å². The fraction of sp³-hybridized carbons (Fsp3) is 0.294. The molecule has 1 aromatic carbocycles. The number of anilines is 1. The van der Waals surface area contributed by atoms with Crippen molar-refractivity contribution in [3.8, 4) is 0 Å². The summed E-state index contributed by atoms with van der Waals surface area (Å²) in [5, 5.41) is 2.76. The molecule has 0 unspecified atom stereocenters. The Morgan fingerprint density at radius 3 is 2.36 bits per heavy atom. The molecule has 8 heteroatoms. The summed E-state index contributed by atoms with van der Waals surface area (Å²) in [6.45, 7) is 1.85. The number of benzene rings is 1. The Hall–Kier alpha value is -3.16. The van der Waals surface area contributed by atoms with Crippen molar-refractivity contribution in [3.63, 3.8) is 0 Å². The van der Waals surface area contributed by atoms with Gasteiger partial charge < -0.3 is 10.1 Å². The normalized spacial score (nSPS) is 13.2. The lowest BCUT2D eigenvalue weighted by atomic mass is 10.2. The number of amides is 3. The predicted molar refractivity (Wildman–Crippen MR) is 89.2 cm³/mol. The Morgan fingerprint density at radius 1 is 1.08 bits per heavy atom. The zero-order chi connectivity index (χ0) is 18.2. The number of hydrazine groups is 1. The van der Waals surface area contributed by atoms with Gasteiger partial charge in [-0.1, -0.05) is 0 Å². The van der Waals surface area contributed by atoms with Crippen LogP contribution >= 0.6 is 0 Å². The van der Waals surface area contributed by atoms with Crippen LogP contribution in [-0.4, -0.2) is 30.3 Å². The number of hydrogen-bond acceptors (Lipinski definition) is 5. The van der Waals surface area contributed by atoms with E-state index in [1.165, 1.54) is 12.1 Å². The summed E-state index contributed by atoms with van der Waals surface area (Å²) in [7, 11) is 0. The van der Waals surface area contributed by atoms with E-state index in [0.29, 0.717) is 11.3 Å². The highest BCUT2D eigenvalue weighted by atomic mass is 16.5. The third kappa shape index (κ3) is 6.09. The third-order valence-corrected chi connectivity index (χ3v) is 3.32. The molecule has 1 aliphatic rings. The molecular weight excluding hydrogens is 326 g/mol. The van der Waals surface area contributed by atoms with Gasteiger partial charge in [-0.2, -0.15) is 0 Å². The van der Waals surface area contributed by atoms with Crippen LogP contribution in [0.15, 0.2) is 36.4 Å². The highest BCUT2D eigenvalue weighted by Gasteiger charge is 2.29. The fourth-order valence-corrected chi connectivity index (χ4v) is 1.86.